The van der Waals surface area contributed by atoms with Gasteiger partial charge >= 0.3 is 5.76 Å². The lowest BCUT2D eigenvalue weighted by Gasteiger charge is -2.11. The standard InChI is InChI=1S/C21H19N3O2/c1-13(2)14-4-3-5-17(8-14)23-18-9-16(11-22-12-18)15-6-7-19-20(10-15)26-21(25)24-19/h3-13,23H,1-2H3,(H,24,25). The van der Waals surface area contributed by atoms with Crippen LogP contribution in [0.4, 0.5) is 11.4 Å². The summed E-state index contributed by atoms with van der Waals surface area (Å²) in [6, 6.07) is 16.0. The van der Waals surface area contributed by atoms with Gasteiger partial charge in [0.05, 0.1) is 17.4 Å². The van der Waals surface area contributed by atoms with Crippen molar-refractivity contribution in [1.29, 1.82) is 0 Å². The number of rotatable bonds is 4. The first-order chi connectivity index (χ1) is 12.6. The van der Waals surface area contributed by atoms with Crippen LogP contribution in [0.3, 0.4) is 0 Å². The van der Waals surface area contributed by atoms with Gasteiger partial charge in [-0.1, -0.05) is 32.0 Å². The molecule has 0 spiro atoms. The van der Waals surface area contributed by atoms with E-state index in [2.05, 4.69) is 47.3 Å². The largest absolute Gasteiger partial charge is 0.417 e. The van der Waals surface area contributed by atoms with Gasteiger partial charge in [0.2, 0.25) is 0 Å². The van der Waals surface area contributed by atoms with Crippen molar-refractivity contribution < 1.29 is 4.42 Å². The summed E-state index contributed by atoms with van der Waals surface area (Å²) in [5, 5.41) is 3.41. The monoisotopic (exact) mass is 345 g/mol. The number of H-pyrrole nitrogens is 1. The van der Waals surface area contributed by atoms with Gasteiger partial charge < -0.3 is 9.73 Å². The molecule has 2 aromatic carbocycles. The van der Waals surface area contributed by atoms with E-state index in [0.717, 1.165) is 22.5 Å². The van der Waals surface area contributed by atoms with Crippen molar-refractivity contribution in [2.75, 3.05) is 5.32 Å². The van der Waals surface area contributed by atoms with Crippen LogP contribution in [0.2, 0.25) is 0 Å². The molecule has 0 aliphatic carbocycles. The minimum absolute atomic E-state index is 0.448. The zero-order valence-corrected chi connectivity index (χ0v) is 14.6. The molecule has 0 saturated carbocycles. The van der Waals surface area contributed by atoms with Gasteiger partial charge in [-0.15, -0.1) is 0 Å². The molecule has 0 aliphatic heterocycles. The van der Waals surface area contributed by atoms with Crippen LogP contribution in [-0.4, -0.2) is 9.97 Å². The highest BCUT2D eigenvalue weighted by Gasteiger charge is 2.06. The third-order valence-electron chi connectivity index (χ3n) is 4.33. The Morgan fingerprint density at radius 3 is 2.73 bits per heavy atom. The van der Waals surface area contributed by atoms with Crippen molar-refractivity contribution in [3.8, 4) is 11.1 Å². The van der Waals surface area contributed by atoms with E-state index < -0.39 is 5.76 Å². The van der Waals surface area contributed by atoms with Crippen molar-refractivity contribution >= 4 is 22.5 Å². The average molecular weight is 345 g/mol. The fourth-order valence-electron chi connectivity index (χ4n) is 2.93. The van der Waals surface area contributed by atoms with Gasteiger partial charge in [-0.2, -0.15) is 0 Å². The second kappa shape index (κ2) is 6.52. The van der Waals surface area contributed by atoms with Crippen LogP contribution >= 0.6 is 0 Å². The number of oxazole rings is 1. The summed E-state index contributed by atoms with van der Waals surface area (Å²) in [6.45, 7) is 4.35. The number of nitrogens with zero attached hydrogens (tertiary/aromatic N) is 1. The molecule has 5 nitrogen and oxygen atoms in total. The fourth-order valence-corrected chi connectivity index (χ4v) is 2.93. The van der Waals surface area contributed by atoms with Crippen LogP contribution in [0.25, 0.3) is 22.2 Å². The van der Waals surface area contributed by atoms with Crippen LogP contribution in [-0.2, 0) is 0 Å². The van der Waals surface area contributed by atoms with Crippen LogP contribution in [0.15, 0.2) is 70.1 Å². The van der Waals surface area contributed by atoms with Gasteiger partial charge in [-0.3, -0.25) is 9.97 Å². The molecule has 5 heteroatoms. The fraction of sp³-hybridized carbons (Fsp3) is 0.143. The van der Waals surface area contributed by atoms with Crippen molar-refractivity contribution in [3.05, 3.63) is 77.0 Å². The van der Waals surface area contributed by atoms with Gasteiger partial charge in [-0.05, 0) is 47.4 Å². The molecule has 26 heavy (non-hydrogen) atoms. The van der Waals surface area contributed by atoms with E-state index in [1.165, 1.54) is 5.56 Å². The number of hydrogen-bond donors (Lipinski definition) is 2. The van der Waals surface area contributed by atoms with Gasteiger partial charge in [0.15, 0.2) is 5.58 Å². The zero-order chi connectivity index (χ0) is 18.1. The summed E-state index contributed by atoms with van der Waals surface area (Å²) in [7, 11) is 0. The summed E-state index contributed by atoms with van der Waals surface area (Å²) >= 11 is 0. The predicted octanol–water partition coefficient (Wildman–Crippen LogP) is 5.05. The second-order valence-corrected chi connectivity index (χ2v) is 6.59. The van der Waals surface area contributed by atoms with Crippen LogP contribution < -0.4 is 11.1 Å². The summed E-state index contributed by atoms with van der Waals surface area (Å²) in [6.07, 6.45) is 3.59. The Morgan fingerprint density at radius 1 is 1.00 bits per heavy atom. The summed E-state index contributed by atoms with van der Waals surface area (Å²) < 4.78 is 5.14. The minimum atomic E-state index is -0.448. The number of pyridine rings is 1. The molecule has 4 aromatic rings. The summed E-state index contributed by atoms with van der Waals surface area (Å²) in [5.74, 6) is 0.0275. The maximum Gasteiger partial charge on any atom is 0.417 e. The molecule has 0 saturated heterocycles. The Hall–Kier alpha value is -3.34. The molecule has 2 aromatic heterocycles. The highest BCUT2D eigenvalue weighted by Crippen LogP contribution is 2.27. The van der Waals surface area contributed by atoms with E-state index in [9.17, 15) is 4.79 Å². The molecule has 0 amide bonds. The Kier molecular flexibility index (Phi) is 4.05. The topological polar surface area (TPSA) is 70.9 Å². The van der Waals surface area contributed by atoms with Gasteiger partial charge in [-0.25, -0.2) is 4.79 Å². The third-order valence-corrected chi connectivity index (χ3v) is 4.33. The smallest absolute Gasteiger partial charge is 0.408 e. The lowest BCUT2D eigenvalue weighted by atomic mass is 10.0. The first kappa shape index (κ1) is 16.1. The number of nitrogens with one attached hydrogen (secondary N) is 2. The Labute approximate surface area is 150 Å². The molecule has 0 unspecified atom stereocenters. The van der Waals surface area contributed by atoms with E-state index in [4.69, 9.17) is 4.42 Å². The van der Waals surface area contributed by atoms with E-state index in [1.54, 1.807) is 12.4 Å². The molecule has 0 atom stereocenters. The molecule has 0 fully saturated rings. The Morgan fingerprint density at radius 2 is 1.88 bits per heavy atom. The van der Waals surface area contributed by atoms with E-state index in [1.807, 2.05) is 30.3 Å². The van der Waals surface area contributed by atoms with Crippen molar-refractivity contribution in [2.24, 2.45) is 0 Å². The molecule has 2 N–H and O–H groups in total. The predicted molar refractivity (Wildman–Crippen MR) is 104 cm³/mol. The number of aromatic nitrogens is 2. The van der Waals surface area contributed by atoms with Crippen molar-refractivity contribution in [2.45, 2.75) is 19.8 Å². The molecule has 4 rings (SSSR count). The number of aromatic amines is 1. The highest BCUT2D eigenvalue weighted by atomic mass is 16.4. The second-order valence-electron chi connectivity index (χ2n) is 6.59. The first-order valence-corrected chi connectivity index (χ1v) is 8.54. The number of fused-ring (bicyclic) bond motifs is 1. The highest BCUT2D eigenvalue weighted by molar-refractivity contribution is 5.80. The van der Waals surface area contributed by atoms with Gasteiger partial charge in [0.25, 0.3) is 0 Å². The molecular formula is C21H19N3O2. The molecule has 0 radical (unpaired) electrons. The van der Waals surface area contributed by atoms with Crippen molar-refractivity contribution in [3.63, 3.8) is 0 Å². The van der Waals surface area contributed by atoms with Gasteiger partial charge in [0.1, 0.15) is 0 Å². The lowest BCUT2D eigenvalue weighted by molar-refractivity contribution is 0.555. The van der Waals surface area contributed by atoms with E-state index >= 15 is 0 Å². The summed E-state index contributed by atoms with van der Waals surface area (Å²) in [4.78, 5) is 18.3. The lowest BCUT2D eigenvalue weighted by Crippen LogP contribution is -1.94. The zero-order valence-electron chi connectivity index (χ0n) is 14.6. The normalized spacial score (nSPS) is 11.2. The van der Waals surface area contributed by atoms with Crippen LogP contribution in [0, 0.1) is 0 Å². The third kappa shape index (κ3) is 3.24. The molecule has 0 bridgehead atoms. The van der Waals surface area contributed by atoms with E-state index in [-0.39, 0.29) is 0 Å². The van der Waals surface area contributed by atoms with Crippen LogP contribution in [0.1, 0.15) is 25.3 Å². The average Bonchev–Trinajstić information content (AvgIpc) is 3.01. The SMILES string of the molecule is CC(C)c1cccc(Nc2cncc(-c3ccc4[nH]c(=O)oc4c3)c2)c1. The maximum absolute atomic E-state index is 11.3. The molecule has 0 aliphatic rings. The Bertz CT molecular complexity index is 1130. The quantitative estimate of drug-likeness (QED) is 0.543. The van der Waals surface area contributed by atoms with Crippen LogP contribution in [0.5, 0.6) is 0 Å². The Balaban J connectivity index is 1.65. The molecule has 130 valence electrons. The number of benzene rings is 2. The molecular weight excluding hydrogens is 326 g/mol. The number of anilines is 2. The van der Waals surface area contributed by atoms with E-state index in [0.29, 0.717) is 17.0 Å². The minimum Gasteiger partial charge on any atom is -0.408 e. The number of hydrogen-bond acceptors (Lipinski definition) is 4. The summed E-state index contributed by atoms with van der Waals surface area (Å²) in [5.41, 5.74) is 6.32. The van der Waals surface area contributed by atoms with Gasteiger partial charge in [0, 0.05) is 17.4 Å². The maximum atomic E-state index is 11.3. The van der Waals surface area contributed by atoms with Crippen molar-refractivity contribution in [1.82, 2.24) is 9.97 Å². The molecule has 2 heterocycles. The first-order valence-electron chi connectivity index (χ1n) is 8.54.